The number of rotatable bonds is 4. The van der Waals surface area contributed by atoms with Crippen molar-refractivity contribution in [3.8, 4) is 0 Å². The van der Waals surface area contributed by atoms with Gasteiger partial charge in [-0.05, 0) is 32.0 Å². The van der Waals surface area contributed by atoms with Gasteiger partial charge in [0.25, 0.3) is 0 Å². The molecule has 0 aromatic heterocycles. The number of methoxy groups -OCH3 is 1. The molecule has 0 unspecified atom stereocenters. The zero-order valence-corrected chi connectivity index (χ0v) is 11.0. The zero-order chi connectivity index (χ0) is 14.7. The molecule has 0 radical (unpaired) electrons. The number of hydrogen-bond acceptors (Lipinski definition) is 3. The molecule has 3 nitrogen and oxygen atoms in total. The van der Waals surface area contributed by atoms with Crippen LogP contribution in [0.1, 0.15) is 19.4 Å². The van der Waals surface area contributed by atoms with E-state index in [-0.39, 0.29) is 6.54 Å². The number of anilines is 1. The highest BCUT2D eigenvalue weighted by Gasteiger charge is 2.31. The van der Waals surface area contributed by atoms with Gasteiger partial charge in [0.05, 0.1) is 18.1 Å². The minimum atomic E-state index is -4.38. The summed E-state index contributed by atoms with van der Waals surface area (Å²) in [5.41, 5.74) is -1.23. The summed E-state index contributed by atoms with van der Waals surface area (Å²) in [6, 6.07) is 4.84. The first-order valence-corrected chi connectivity index (χ1v) is 5.66. The maximum atomic E-state index is 12.5. The molecule has 0 heterocycles. The van der Waals surface area contributed by atoms with E-state index < -0.39 is 23.1 Å². The van der Waals surface area contributed by atoms with Gasteiger partial charge in [0.15, 0.2) is 0 Å². The van der Waals surface area contributed by atoms with E-state index in [1.165, 1.54) is 19.2 Å². The fourth-order valence-corrected chi connectivity index (χ4v) is 1.48. The van der Waals surface area contributed by atoms with E-state index in [1.807, 2.05) is 0 Å². The minimum Gasteiger partial charge on any atom is -0.469 e. The molecule has 0 saturated carbocycles. The van der Waals surface area contributed by atoms with Gasteiger partial charge in [-0.25, -0.2) is 0 Å². The Morgan fingerprint density at radius 2 is 1.95 bits per heavy atom. The molecule has 0 aliphatic rings. The first-order valence-electron chi connectivity index (χ1n) is 5.66. The normalized spacial score (nSPS) is 12.1. The molecule has 19 heavy (non-hydrogen) atoms. The fourth-order valence-electron chi connectivity index (χ4n) is 1.48. The van der Waals surface area contributed by atoms with Crippen molar-refractivity contribution in [3.63, 3.8) is 0 Å². The number of benzene rings is 1. The Balaban J connectivity index is 2.77. The van der Waals surface area contributed by atoms with Crippen LogP contribution in [0.2, 0.25) is 0 Å². The molecule has 1 aromatic rings. The number of alkyl halides is 3. The molecule has 0 spiro atoms. The van der Waals surface area contributed by atoms with Gasteiger partial charge in [0, 0.05) is 12.2 Å². The van der Waals surface area contributed by atoms with Crippen LogP contribution in [0.15, 0.2) is 24.3 Å². The maximum absolute atomic E-state index is 12.5. The first-order chi connectivity index (χ1) is 8.66. The summed E-state index contributed by atoms with van der Waals surface area (Å²) >= 11 is 0. The highest BCUT2D eigenvalue weighted by Crippen LogP contribution is 2.31. The number of nitrogens with one attached hydrogen (secondary N) is 1. The molecule has 0 bridgehead atoms. The summed E-state index contributed by atoms with van der Waals surface area (Å²) in [6.07, 6.45) is -4.38. The van der Waals surface area contributed by atoms with E-state index in [4.69, 9.17) is 0 Å². The van der Waals surface area contributed by atoms with Crippen LogP contribution in [0, 0.1) is 5.41 Å². The second kappa shape index (κ2) is 5.50. The molecule has 1 rings (SSSR count). The SMILES string of the molecule is COC(=O)C(C)(C)CNc1cccc(C(F)(F)F)c1. The summed E-state index contributed by atoms with van der Waals surface area (Å²) < 4.78 is 42.2. The van der Waals surface area contributed by atoms with E-state index in [2.05, 4.69) is 10.1 Å². The number of hydrogen-bond donors (Lipinski definition) is 1. The average Bonchev–Trinajstić information content (AvgIpc) is 2.35. The number of esters is 1. The number of ether oxygens (including phenoxy) is 1. The van der Waals surface area contributed by atoms with Gasteiger partial charge in [-0.1, -0.05) is 6.07 Å². The van der Waals surface area contributed by atoms with Crippen molar-refractivity contribution < 1.29 is 22.7 Å². The summed E-state index contributed by atoms with van der Waals surface area (Å²) in [7, 11) is 1.27. The standard InChI is InChI=1S/C13H16F3NO2/c1-12(2,11(18)19-3)8-17-10-6-4-5-9(7-10)13(14,15)16/h4-7,17H,8H2,1-3H3. The minimum absolute atomic E-state index is 0.182. The lowest BCUT2D eigenvalue weighted by Crippen LogP contribution is -2.33. The van der Waals surface area contributed by atoms with Crippen molar-refractivity contribution in [3.05, 3.63) is 29.8 Å². The van der Waals surface area contributed by atoms with E-state index in [1.54, 1.807) is 13.8 Å². The number of carbonyl (C=O) groups excluding carboxylic acids is 1. The Morgan fingerprint density at radius 3 is 2.47 bits per heavy atom. The predicted molar refractivity (Wildman–Crippen MR) is 65.7 cm³/mol. The van der Waals surface area contributed by atoms with Crippen molar-refractivity contribution in [2.24, 2.45) is 5.41 Å². The number of carbonyl (C=O) groups is 1. The van der Waals surface area contributed by atoms with Crippen LogP contribution in [0.3, 0.4) is 0 Å². The van der Waals surface area contributed by atoms with Gasteiger partial charge in [0.1, 0.15) is 0 Å². The molecule has 0 saturated heterocycles. The third kappa shape index (κ3) is 4.15. The van der Waals surface area contributed by atoms with Gasteiger partial charge in [-0.15, -0.1) is 0 Å². The van der Waals surface area contributed by atoms with E-state index in [0.717, 1.165) is 12.1 Å². The van der Waals surface area contributed by atoms with Crippen molar-refractivity contribution in [1.29, 1.82) is 0 Å². The molecule has 0 amide bonds. The van der Waals surface area contributed by atoms with Crippen molar-refractivity contribution in [2.75, 3.05) is 19.0 Å². The molecule has 6 heteroatoms. The summed E-state index contributed by atoms with van der Waals surface area (Å²) in [5.74, 6) is -0.424. The van der Waals surface area contributed by atoms with Gasteiger partial charge in [-0.2, -0.15) is 13.2 Å². The molecule has 0 atom stereocenters. The van der Waals surface area contributed by atoms with Gasteiger partial charge in [-0.3, -0.25) is 4.79 Å². The Kier molecular flexibility index (Phi) is 4.44. The van der Waals surface area contributed by atoms with E-state index in [9.17, 15) is 18.0 Å². The van der Waals surface area contributed by atoms with Gasteiger partial charge >= 0.3 is 12.1 Å². The largest absolute Gasteiger partial charge is 0.469 e. The molecule has 0 aliphatic heterocycles. The fraction of sp³-hybridized carbons (Fsp3) is 0.462. The average molecular weight is 275 g/mol. The van der Waals surface area contributed by atoms with Crippen LogP contribution in [0.5, 0.6) is 0 Å². The van der Waals surface area contributed by atoms with Crippen LogP contribution in [-0.4, -0.2) is 19.6 Å². The molecular formula is C13H16F3NO2. The second-order valence-electron chi connectivity index (χ2n) is 4.81. The highest BCUT2D eigenvalue weighted by molar-refractivity contribution is 5.76. The topological polar surface area (TPSA) is 38.3 Å². The third-order valence-electron chi connectivity index (χ3n) is 2.66. The van der Waals surface area contributed by atoms with Crippen LogP contribution in [-0.2, 0) is 15.7 Å². The monoisotopic (exact) mass is 275 g/mol. The highest BCUT2D eigenvalue weighted by atomic mass is 19.4. The Labute approximate surface area is 109 Å². The van der Waals surface area contributed by atoms with Gasteiger partial charge in [0.2, 0.25) is 0 Å². The zero-order valence-electron chi connectivity index (χ0n) is 11.0. The quantitative estimate of drug-likeness (QED) is 0.857. The van der Waals surface area contributed by atoms with Crippen LogP contribution >= 0.6 is 0 Å². The maximum Gasteiger partial charge on any atom is 0.416 e. The van der Waals surface area contributed by atoms with Crippen molar-refractivity contribution in [1.82, 2.24) is 0 Å². The van der Waals surface area contributed by atoms with Crippen molar-refractivity contribution >= 4 is 11.7 Å². The Morgan fingerprint density at radius 1 is 1.32 bits per heavy atom. The third-order valence-corrected chi connectivity index (χ3v) is 2.66. The predicted octanol–water partition coefficient (Wildman–Crippen LogP) is 3.32. The lowest BCUT2D eigenvalue weighted by molar-refractivity contribution is -0.149. The summed E-state index contributed by atoms with van der Waals surface area (Å²) in [6.45, 7) is 3.49. The van der Waals surface area contributed by atoms with Crippen molar-refractivity contribution in [2.45, 2.75) is 20.0 Å². The van der Waals surface area contributed by atoms with Crippen LogP contribution < -0.4 is 5.32 Å². The van der Waals surface area contributed by atoms with E-state index >= 15 is 0 Å². The summed E-state index contributed by atoms with van der Waals surface area (Å²) in [4.78, 5) is 11.4. The van der Waals surface area contributed by atoms with Crippen LogP contribution in [0.25, 0.3) is 0 Å². The Hall–Kier alpha value is -1.72. The van der Waals surface area contributed by atoms with Crippen LogP contribution in [0.4, 0.5) is 18.9 Å². The summed E-state index contributed by atoms with van der Waals surface area (Å²) in [5, 5.41) is 2.81. The molecule has 1 N–H and O–H groups in total. The first kappa shape index (κ1) is 15.3. The Bertz CT molecular complexity index is 455. The molecule has 0 aliphatic carbocycles. The molecule has 1 aromatic carbocycles. The smallest absolute Gasteiger partial charge is 0.416 e. The van der Waals surface area contributed by atoms with E-state index in [0.29, 0.717) is 5.69 Å². The second-order valence-corrected chi connectivity index (χ2v) is 4.81. The lowest BCUT2D eigenvalue weighted by atomic mass is 9.93. The lowest BCUT2D eigenvalue weighted by Gasteiger charge is -2.22. The number of halogens is 3. The van der Waals surface area contributed by atoms with Gasteiger partial charge < -0.3 is 10.1 Å². The molecular weight excluding hydrogens is 259 g/mol. The molecule has 106 valence electrons. The molecule has 0 fully saturated rings.